The Bertz CT molecular complexity index is 985. The molecule has 3 rings (SSSR count). The van der Waals surface area contributed by atoms with Gasteiger partial charge in [0.1, 0.15) is 17.2 Å². The van der Waals surface area contributed by atoms with Crippen LogP contribution in [0.1, 0.15) is 5.56 Å². The van der Waals surface area contributed by atoms with E-state index in [2.05, 4.69) is 20.5 Å². The molecule has 0 aliphatic heterocycles. The average Bonchev–Trinajstić information content (AvgIpc) is 2.61. The molecule has 0 radical (unpaired) electrons. The Kier molecular flexibility index (Phi) is 5.24. The lowest BCUT2D eigenvalue weighted by Gasteiger charge is -2.01. The molecule has 0 unspecified atom stereocenters. The van der Waals surface area contributed by atoms with Gasteiger partial charge in [0.2, 0.25) is 0 Å². The molecule has 6 nitrogen and oxygen atoms in total. The summed E-state index contributed by atoms with van der Waals surface area (Å²) in [5.74, 6) is 0.355. The molecule has 0 fully saturated rings. The largest absolute Gasteiger partial charge is 0.508 e. The lowest BCUT2D eigenvalue weighted by atomic mass is 10.2. The van der Waals surface area contributed by atoms with Gasteiger partial charge in [-0.1, -0.05) is 11.6 Å². The number of hydrogen-bond donors (Lipinski definition) is 2. The van der Waals surface area contributed by atoms with Gasteiger partial charge in [-0.3, -0.25) is 0 Å². The highest BCUT2D eigenvalue weighted by molar-refractivity contribution is 6.33. The van der Waals surface area contributed by atoms with E-state index in [1.807, 2.05) is 6.92 Å². The first-order chi connectivity index (χ1) is 12.5. The first kappa shape index (κ1) is 17.6. The van der Waals surface area contributed by atoms with Gasteiger partial charge in [-0.25, -0.2) is 0 Å². The second kappa shape index (κ2) is 7.76. The van der Waals surface area contributed by atoms with Crippen LogP contribution < -0.4 is 0 Å². The van der Waals surface area contributed by atoms with Crippen LogP contribution in [0.4, 0.5) is 22.7 Å². The van der Waals surface area contributed by atoms with Gasteiger partial charge in [-0.15, -0.1) is 5.11 Å². The Balaban J connectivity index is 1.76. The first-order valence-electron chi connectivity index (χ1n) is 7.73. The summed E-state index contributed by atoms with van der Waals surface area (Å²) in [6.45, 7) is 1.84. The topological polar surface area (TPSA) is 89.9 Å². The second-order valence-corrected chi connectivity index (χ2v) is 5.93. The molecule has 3 aromatic carbocycles. The minimum absolute atomic E-state index is 0.167. The zero-order valence-corrected chi connectivity index (χ0v) is 14.6. The minimum atomic E-state index is 0.167. The quantitative estimate of drug-likeness (QED) is 0.492. The summed E-state index contributed by atoms with van der Waals surface area (Å²) in [6, 6.07) is 16.3. The highest BCUT2D eigenvalue weighted by Crippen LogP contribution is 2.32. The van der Waals surface area contributed by atoms with E-state index in [0.29, 0.717) is 27.8 Å². The van der Waals surface area contributed by atoms with E-state index in [-0.39, 0.29) is 11.5 Å². The molecule has 0 heterocycles. The minimum Gasteiger partial charge on any atom is -0.508 e. The summed E-state index contributed by atoms with van der Waals surface area (Å²) >= 11 is 6.23. The van der Waals surface area contributed by atoms with Crippen LogP contribution in [-0.4, -0.2) is 10.2 Å². The number of azo groups is 2. The van der Waals surface area contributed by atoms with Crippen molar-refractivity contribution in [2.45, 2.75) is 6.92 Å². The normalized spacial score (nSPS) is 11.5. The van der Waals surface area contributed by atoms with Crippen molar-refractivity contribution >= 4 is 34.4 Å². The van der Waals surface area contributed by atoms with Gasteiger partial charge in [-0.05, 0) is 73.2 Å². The van der Waals surface area contributed by atoms with Crippen molar-refractivity contribution in [3.63, 3.8) is 0 Å². The molecule has 2 N–H and O–H groups in total. The van der Waals surface area contributed by atoms with Gasteiger partial charge < -0.3 is 10.2 Å². The van der Waals surface area contributed by atoms with E-state index in [9.17, 15) is 10.2 Å². The average molecular weight is 367 g/mol. The summed E-state index contributed by atoms with van der Waals surface area (Å²) in [7, 11) is 0. The van der Waals surface area contributed by atoms with Gasteiger partial charge in [0, 0.05) is 0 Å². The molecule has 0 atom stereocenters. The molecule has 0 bridgehead atoms. The van der Waals surface area contributed by atoms with Crippen molar-refractivity contribution in [1.82, 2.24) is 0 Å². The molecule has 0 aliphatic carbocycles. The number of benzene rings is 3. The van der Waals surface area contributed by atoms with Crippen molar-refractivity contribution in [2.24, 2.45) is 20.5 Å². The molecule has 0 aliphatic rings. The maximum atomic E-state index is 9.41. The summed E-state index contributed by atoms with van der Waals surface area (Å²) in [4.78, 5) is 0. The fourth-order valence-corrected chi connectivity index (χ4v) is 2.35. The molecular weight excluding hydrogens is 352 g/mol. The maximum absolute atomic E-state index is 9.41. The van der Waals surface area contributed by atoms with Crippen LogP contribution in [0.15, 0.2) is 81.1 Å². The molecule has 26 heavy (non-hydrogen) atoms. The van der Waals surface area contributed by atoms with Crippen LogP contribution in [0.25, 0.3) is 0 Å². The van der Waals surface area contributed by atoms with Gasteiger partial charge in [-0.2, -0.15) is 15.3 Å². The standard InChI is InChI=1S/C19H15ClN4O2/c1-12-10-16(26)7-9-18(12)23-22-14-4-8-19(17(20)11-14)24-21-13-2-5-15(25)6-3-13/h2-11,25-26H,1H3. The van der Waals surface area contributed by atoms with Gasteiger partial charge in [0.15, 0.2) is 0 Å². The lowest BCUT2D eigenvalue weighted by molar-refractivity contribution is 0.474. The van der Waals surface area contributed by atoms with Crippen LogP contribution >= 0.6 is 11.6 Å². The summed E-state index contributed by atoms with van der Waals surface area (Å²) < 4.78 is 0. The molecule has 0 saturated carbocycles. The van der Waals surface area contributed by atoms with Crippen LogP contribution in [-0.2, 0) is 0 Å². The predicted molar refractivity (Wildman–Crippen MR) is 101 cm³/mol. The Morgan fingerprint density at radius 2 is 1.23 bits per heavy atom. The SMILES string of the molecule is Cc1cc(O)ccc1N=Nc1ccc(N=Nc2ccc(O)cc2)c(Cl)c1. The monoisotopic (exact) mass is 366 g/mol. The van der Waals surface area contributed by atoms with Crippen LogP contribution in [0.2, 0.25) is 5.02 Å². The Labute approximate surface area is 155 Å². The van der Waals surface area contributed by atoms with Crippen molar-refractivity contribution in [3.8, 4) is 11.5 Å². The Hall–Kier alpha value is -3.25. The molecule has 130 valence electrons. The smallest absolute Gasteiger partial charge is 0.115 e. The van der Waals surface area contributed by atoms with Gasteiger partial charge >= 0.3 is 0 Å². The highest BCUT2D eigenvalue weighted by Gasteiger charge is 2.02. The van der Waals surface area contributed by atoms with E-state index >= 15 is 0 Å². The summed E-state index contributed by atoms with van der Waals surface area (Å²) in [5.41, 5.74) is 3.16. The van der Waals surface area contributed by atoms with E-state index in [4.69, 9.17) is 11.6 Å². The van der Waals surface area contributed by atoms with Gasteiger partial charge in [0.05, 0.1) is 22.1 Å². The molecule has 0 spiro atoms. The van der Waals surface area contributed by atoms with Gasteiger partial charge in [0.25, 0.3) is 0 Å². The number of nitrogens with zero attached hydrogens (tertiary/aromatic N) is 4. The van der Waals surface area contributed by atoms with Crippen molar-refractivity contribution in [3.05, 3.63) is 71.2 Å². The summed E-state index contributed by atoms with van der Waals surface area (Å²) in [5, 5.41) is 35.6. The van der Waals surface area contributed by atoms with E-state index in [1.54, 1.807) is 48.5 Å². The molecule has 3 aromatic rings. The number of hydrogen-bond acceptors (Lipinski definition) is 6. The zero-order valence-electron chi connectivity index (χ0n) is 13.8. The van der Waals surface area contributed by atoms with E-state index in [1.165, 1.54) is 12.1 Å². The third-order valence-corrected chi connectivity index (χ3v) is 3.81. The molecule has 0 amide bonds. The Morgan fingerprint density at radius 1 is 0.654 bits per heavy atom. The number of aryl methyl sites for hydroxylation is 1. The third kappa shape index (κ3) is 4.43. The molecule has 0 saturated heterocycles. The van der Waals surface area contributed by atoms with Crippen LogP contribution in [0.5, 0.6) is 11.5 Å². The second-order valence-electron chi connectivity index (χ2n) is 5.52. The van der Waals surface area contributed by atoms with E-state index < -0.39 is 0 Å². The number of phenolic OH excluding ortho intramolecular Hbond substituents is 2. The lowest BCUT2D eigenvalue weighted by Crippen LogP contribution is -1.73. The van der Waals surface area contributed by atoms with Crippen molar-refractivity contribution in [1.29, 1.82) is 0 Å². The highest BCUT2D eigenvalue weighted by atomic mass is 35.5. The number of phenols is 2. The fourth-order valence-electron chi connectivity index (χ4n) is 2.13. The predicted octanol–water partition coefficient (Wildman–Crippen LogP) is 6.89. The molecule has 0 aromatic heterocycles. The van der Waals surface area contributed by atoms with Crippen molar-refractivity contribution in [2.75, 3.05) is 0 Å². The van der Waals surface area contributed by atoms with Crippen LogP contribution in [0, 0.1) is 6.92 Å². The maximum Gasteiger partial charge on any atom is 0.115 e. The number of rotatable bonds is 4. The first-order valence-corrected chi connectivity index (χ1v) is 8.11. The zero-order chi connectivity index (χ0) is 18.5. The molecule has 7 heteroatoms. The third-order valence-electron chi connectivity index (χ3n) is 3.51. The Morgan fingerprint density at radius 3 is 1.92 bits per heavy atom. The van der Waals surface area contributed by atoms with Crippen LogP contribution in [0.3, 0.4) is 0 Å². The fraction of sp³-hybridized carbons (Fsp3) is 0.0526. The molecular formula is C19H15ClN4O2. The number of halogens is 1. The van der Waals surface area contributed by atoms with Crippen molar-refractivity contribution < 1.29 is 10.2 Å². The van der Waals surface area contributed by atoms with E-state index in [0.717, 1.165) is 5.56 Å². The number of aromatic hydroxyl groups is 2. The summed E-state index contributed by atoms with van der Waals surface area (Å²) in [6.07, 6.45) is 0.